The molecule has 5 nitrogen and oxygen atoms in total. The van der Waals surface area contributed by atoms with Crippen molar-refractivity contribution in [3.05, 3.63) is 46.3 Å². The summed E-state index contributed by atoms with van der Waals surface area (Å²) in [6.45, 7) is 4.12. The maximum Gasteiger partial charge on any atom is 0.435 e. The second kappa shape index (κ2) is 5.85. The number of hydrogen-bond acceptors (Lipinski definition) is 2. The molecule has 1 aromatic heterocycles. The molecule has 0 bridgehead atoms. The summed E-state index contributed by atoms with van der Waals surface area (Å²) in [6, 6.07) is 5.08. The Kier molecular flexibility index (Phi) is 3.98. The van der Waals surface area contributed by atoms with Gasteiger partial charge in [-0.3, -0.25) is 5.10 Å². The van der Waals surface area contributed by atoms with Crippen molar-refractivity contribution in [2.24, 2.45) is 0 Å². The lowest BCUT2D eigenvalue weighted by atomic mass is 10.1. The van der Waals surface area contributed by atoms with Gasteiger partial charge in [-0.05, 0) is 37.1 Å². The predicted molar refractivity (Wildman–Crippen MR) is 82.6 cm³/mol. The van der Waals surface area contributed by atoms with Crippen LogP contribution in [0.4, 0.5) is 23.7 Å². The minimum Gasteiger partial charge on any atom is -0.320 e. The highest BCUT2D eigenvalue weighted by molar-refractivity contribution is 5.89. The smallest absolute Gasteiger partial charge is 0.320 e. The van der Waals surface area contributed by atoms with E-state index in [1.165, 1.54) is 4.90 Å². The Labute approximate surface area is 136 Å². The molecule has 0 saturated carbocycles. The standard InChI is InChI=1S/C16H17F3N4O/c1-9-3-4-11(7-10(9)2)20-15(24)23-6-5-13-12(8-23)14(22-21-13)16(17,18)19/h3-4,7H,5-6,8H2,1-2H3,(H,20,24)(H,21,22). The van der Waals surface area contributed by atoms with Crippen molar-refractivity contribution < 1.29 is 18.0 Å². The van der Waals surface area contributed by atoms with Crippen LogP contribution in [0.5, 0.6) is 0 Å². The number of aryl methyl sites for hydroxylation is 2. The summed E-state index contributed by atoms with van der Waals surface area (Å²) in [7, 11) is 0. The van der Waals surface area contributed by atoms with E-state index in [0.717, 1.165) is 11.1 Å². The number of nitrogens with zero attached hydrogens (tertiary/aromatic N) is 2. The third kappa shape index (κ3) is 3.08. The number of aromatic nitrogens is 2. The quantitative estimate of drug-likeness (QED) is 0.834. The summed E-state index contributed by atoms with van der Waals surface area (Å²) in [5, 5.41) is 8.52. The normalized spacial score (nSPS) is 14.5. The van der Waals surface area contributed by atoms with Crippen molar-refractivity contribution in [2.75, 3.05) is 11.9 Å². The van der Waals surface area contributed by atoms with Gasteiger partial charge < -0.3 is 10.2 Å². The molecule has 0 radical (unpaired) electrons. The number of urea groups is 1. The Hall–Kier alpha value is -2.51. The lowest BCUT2D eigenvalue weighted by molar-refractivity contribution is -0.142. The van der Waals surface area contributed by atoms with Crippen molar-refractivity contribution in [2.45, 2.75) is 33.0 Å². The van der Waals surface area contributed by atoms with E-state index >= 15 is 0 Å². The van der Waals surface area contributed by atoms with Gasteiger partial charge >= 0.3 is 12.2 Å². The Balaban J connectivity index is 1.76. The summed E-state index contributed by atoms with van der Waals surface area (Å²) in [5.41, 5.74) is 2.30. The van der Waals surface area contributed by atoms with Gasteiger partial charge in [0.05, 0.1) is 6.54 Å². The van der Waals surface area contributed by atoms with Gasteiger partial charge in [-0.2, -0.15) is 18.3 Å². The van der Waals surface area contributed by atoms with Gasteiger partial charge in [-0.25, -0.2) is 4.79 Å². The van der Waals surface area contributed by atoms with Crippen molar-refractivity contribution in [3.63, 3.8) is 0 Å². The Morgan fingerprint density at radius 2 is 2.04 bits per heavy atom. The molecule has 0 fully saturated rings. The summed E-state index contributed by atoms with van der Waals surface area (Å²) in [6.07, 6.45) is -4.21. The average molecular weight is 338 g/mol. The van der Waals surface area contributed by atoms with Crippen LogP contribution in [0.1, 0.15) is 28.1 Å². The molecule has 0 saturated heterocycles. The number of rotatable bonds is 1. The molecule has 0 aliphatic carbocycles. The van der Waals surface area contributed by atoms with Crippen molar-refractivity contribution in [3.8, 4) is 0 Å². The van der Waals surface area contributed by atoms with E-state index in [9.17, 15) is 18.0 Å². The van der Waals surface area contributed by atoms with Crippen molar-refractivity contribution >= 4 is 11.7 Å². The maximum absolute atomic E-state index is 13.0. The molecule has 1 aliphatic rings. The van der Waals surface area contributed by atoms with Crippen LogP contribution in [-0.2, 0) is 19.1 Å². The van der Waals surface area contributed by atoms with Gasteiger partial charge in [0, 0.05) is 29.9 Å². The number of H-pyrrole nitrogens is 1. The van der Waals surface area contributed by atoms with E-state index in [1.54, 1.807) is 6.07 Å². The molecule has 3 rings (SSSR count). The number of carbonyl (C=O) groups excluding carboxylic acids is 1. The first kappa shape index (κ1) is 16.4. The number of benzene rings is 1. The molecule has 0 atom stereocenters. The lowest BCUT2D eigenvalue weighted by Gasteiger charge is -2.27. The molecule has 1 aliphatic heterocycles. The Morgan fingerprint density at radius 1 is 1.29 bits per heavy atom. The highest BCUT2D eigenvalue weighted by atomic mass is 19.4. The van der Waals surface area contributed by atoms with Gasteiger partial charge in [-0.15, -0.1) is 0 Å². The largest absolute Gasteiger partial charge is 0.435 e. The molecule has 2 amide bonds. The molecule has 2 aromatic rings. The zero-order valence-corrected chi connectivity index (χ0v) is 13.3. The van der Waals surface area contributed by atoms with Gasteiger partial charge in [-0.1, -0.05) is 6.07 Å². The average Bonchev–Trinajstić information content (AvgIpc) is 2.94. The number of nitrogens with one attached hydrogen (secondary N) is 2. The predicted octanol–water partition coefficient (Wildman–Crippen LogP) is 3.64. The molecule has 128 valence electrons. The van der Waals surface area contributed by atoms with Gasteiger partial charge in [0.1, 0.15) is 0 Å². The second-order valence-electron chi connectivity index (χ2n) is 5.93. The molecular weight excluding hydrogens is 321 g/mol. The van der Waals surface area contributed by atoms with E-state index in [1.807, 2.05) is 26.0 Å². The lowest BCUT2D eigenvalue weighted by Crippen LogP contribution is -2.39. The van der Waals surface area contributed by atoms with Gasteiger partial charge in [0.15, 0.2) is 5.69 Å². The van der Waals surface area contributed by atoms with Crippen LogP contribution in [-0.4, -0.2) is 27.7 Å². The first-order valence-corrected chi connectivity index (χ1v) is 7.52. The zero-order valence-electron chi connectivity index (χ0n) is 13.3. The fourth-order valence-electron chi connectivity index (χ4n) is 2.72. The molecule has 8 heteroatoms. The number of aromatic amines is 1. The van der Waals surface area contributed by atoms with Crippen molar-refractivity contribution in [1.82, 2.24) is 15.1 Å². The molecule has 24 heavy (non-hydrogen) atoms. The number of carbonyl (C=O) groups is 1. The van der Waals surface area contributed by atoms with Crippen molar-refractivity contribution in [1.29, 1.82) is 0 Å². The van der Waals surface area contributed by atoms with Crippen LogP contribution in [0, 0.1) is 13.8 Å². The van der Waals surface area contributed by atoms with Crippen LogP contribution in [0.3, 0.4) is 0 Å². The highest BCUT2D eigenvalue weighted by Gasteiger charge is 2.39. The fraction of sp³-hybridized carbons (Fsp3) is 0.375. The van der Waals surface area contributed by atoms with Crippen LogP contribution in [0.25, 0.3) is 0 Å². The molecule has 1 aromatic carbocycles. The topological polar surface area (TPSA) is 61.0 Å². The first-order valence-electron chi connectivity index (χ1n) is 7.52. The van der Waals surface area contributed by atoms with Crippen LogP contribution in [0.15, 0.2) is 18.2 Å². The van der Waals surface area contributed by atoms with E-state index in [0.29, 0.717) is 24.3 Å². The minimum absolute atomic E-state index is 0.0454. The SMILES string of the molecule is Cc1ccc(NC(=O)N2CCc3[nH]nc(C(F)(F)F)c3C2)cc1C. The van der Waals surface area contributed by atoms with E-state index in [4.69, 9.17) is 0 Å². The fourth-order valence-corrected chi connectivity index (χ4v) is 2.72. The number of halogens is 3. The first-order chi connectivity index (χ1) is 11.3. The Bertz CT molecular complexity index is 782. The summed E-state index contributed by atoms with van der Waals surface area (Å²) < 4.78 is 38.9. The van der Waals surface area contributed by atoms with Gasteiger partial charge in [0.25, 0.3) is 0 Å². The molecule has 0 unspecified atom stereocenters. The van der Waals surface area contributed by atoms with Crippen LogP contribution < -0.4 is 5.32 Å². The number of fused-ring (bicyclic) bond motifs is 1. The number of hydrogen-bond donors (Lipinski definition) is 2. The summed E-state index contributed by atoms with van der Waals surface area (Å²) >= 11 is 0. The third-order valence-electron chi connectivity index (χ3n) is 4.25. The van der Waals surface area contributed by atoms with E-state index in [-0.39, 0.29) is 12.1 Å². The second-order valence-corrected chi connectivity index (χ2v) is 5.93. The van der Waals surface area contributed by atoms with Crippen LogP contribution >= 0.6 is 0 Å². The van der Waals surface area contributed by atoms with E-state index < -0.39 is 17.9 Å². The van der Waals surface area contributed by atoms with Crippen LogP contribution in [0.2, 0.25) is 0 Å². The molecule has 2 heterocycles. The van der Waals surface area contributed by atoms with Gasteiger partial charge in [0.2, 0.25) is 0 Å². The summed E-state index contributed by atoms with van der Waals surface area (Å²) in [4.78, 5) is 13.7. The number of alkyl halides is 3. The Morgan fingerprint density at radius 3 is 2.71 bits per heavy atom. The molecule has 0 spiro atoms. The molecular formula is C16H17F3N4O. The highest BCUT2D eigenvalue weighted by Crippen LogP contribution is 2.34. The third-order valence-corrected chi connectivity index (χ3v) is 4.25. The monoisotopic (exact) mass is 338 g/mol. The number of amides is 2. The molecule has 2 N–H and O–H groups in total. The maximum atomic E-state index is 13.0. The van der Waals surface area contributed by atoms with E-state index in [2.05, 4.69) is 15.5 Å². The minimum atomic E-state index is -4.53. The summed E-state index contributed by atoms with van der Waals surface area (Å²) in [5.74, 6) is 0. The number of anilines is 1. The zero-order chi connectivity index (χ0) is 17.5.